The van der Waals surface area contributed by atoms with Gasteiger partial charge in [0.2, 0.25) is 0 Å². The van der Waals surface area contributed by atoms with Gasteiger partial charge in [0.25, 0.3) is 0 Å². The van der Waals surface area contributed by atoms with Crippen molar-refractivity contribution in [2.75, 3.05) is 6.67 Å². The van der Waals surface area contributed by atoms with Crippen LogP contribution >= 0.6 is 0 Å². The maximum absolute atomic E-state index is 13.2. The van der Waals surface area contributed by atoms with Crippen molar-refractivity contribution in [2.24, 2.45) is 0 Å². The monoisotopic (exact) mass is 182 g/mol. The van der Waals surface area contributed by atoms with E-state index in [0.29, 0.717) is 11.1 Å². The van der Waals surface area contributed by atoms with Gasteiger partial charge in [0.1, 0.15) is 5.82 Å². The van der Waals surface area contributed by atoms with Gasteiger partial charge in [-0.1, -0.05) is 31.7 Å². The first kappa shape index (κ1) is 9.90. The van der Waals surface area contributed by atoms with Gasteiger partial charge < -0.3 is 0 Å². The molecule has 0 saturated carbocycles. The van der Waals surface area contributed by atoms with E-state index in [1.165, 1.54) is 12.1 Å². The molecule has 0 fully saturated rings. The van der Waals surface area contributed by atoms with Crippen LogP contribution in [0.25, 0.3) is 6.08 Å². The van der Waals surface area contributed by atoms with E-state index in [1.807, 2.05) is 0 Å². The normalized spacial score (nSPS) is 12.5. The van der Waals surface area contributed by atoms with Crippen molar-refractivity contribution >= 4 is 6.08 Å². The molecule has 2 heteroatoms. The second-order valence-electron chi connectivity index (χ2n) is 3.00. The largest absolute Gasteiger partial charge is 0.250 e. The standard InChI is InChI=1S/C11H12F2/c1-3-9-10(8(2)7-12)5-4-6-11(9)13/h3-6,8H,1,7H2,2H3. The highest BCUT2D eigenvalue weighted by molar-refractivity contribution is 5.53. The highest BCUT2D eigenvalue weighted by atomic mass is 19.1. The Morgan fingerprint density at radius 2 is 2.23 bits per heavy atom. The fourth-order valence-electron chi connectivity index (χ4n) is 1.28. The maximum atomic E-state index is 13.2. The molecule has 0 aromatic heterocycles. The summed E-state index contributed by atoms with van der Waals surface area (Å²) in [6.07, 6.45) is 1.43. The van der Waals surface area contributed by atoms with Crippen LogP contribution in [0.5, 0.6) is 0 Å². The molecule has 1 aromatic rings. The molecule has 0 radical (unpaired) electrons. The number of hydrogen-bond acceptors (Lipinski definition) is 0. The lowest BCUT2D eigenvalue weighted by Gasteiger charge is -2.11. The van der Waals surface area contributed by atoms with Crippen LogP contribution in [0, 0.1) is 5.82 Å². The Bertz CT molecular complexity index is 305. The topological polar surface area (TPSA) is 0 Å². The molecule has 0 nitrogen and oxygen atoms in total. The molecular weight excluding hydrogens is 170 g/mol. The van der Waals surface area contributed by atoms with Gasteiger partial charge in [-0.15, -0.1) is 0 Å². The van der Waals surface area contributed by atoms with Gasteiger partial charge in [-0.25, -0.2) is 4.39 Å². The van der Waals surface area contributed by atoms with Crippen molar-refractivity contribution in [1.82, 2.24) is 0 Å². The Hall–Kier alpha value is -1.18. The zero-order valence-electron chi connectivity index (χ0n) is 7.56. The SMILES string of the molecule is C=Cc1c(F)cccc1C(C)CF. The van der Waals surface area contributed by atoms with Gasteiger partial charge in [0, 0.05) is 11.5 Å². The third-order valence-corrected chi connectivity index (χ3v) is 2.05. The van der Waals surface area contributed by atoms with E-state index in [2.05, 4.69) is 6.58 Å². The van der Waals surface area contributed by atoms with E-state index >= 15 is 0 Å². The van der Waals surface area contributed by atoms with Crippen LogP contribution in [0.3, 0.4) is 0 Å². The summed E-state index contributed by atoms with van der Waals surface area (Å²) in [5, 5.41) is 0. The van der Waals surface area contributed by atoms with Gasteiger partial charge >= 0.3 is 0 Å². The molecule has 0 N–H and O–H groups in total. The molecule has 0 heterocycles. The Labute approximate surface area is 76.9 Å². The average Bonchev–Trinajstić information content (AvgIpc) is 2.16. The summed E-state index contributed by atoms with van der Waals surface area (Å²) in [6.45, 7) is 4.75. The summed E-state index contributed by atoms with van der Waals surface area (Å²) in [7, 11) is 0. The molecule has 13 heavy (non-hydrogen) atoms. The van der Waals surface area contributed by atoms with Crippen molar-refractivity contribution < 1.29 is 8.78 Å². The molecule has 0 aliphatic carbocycles. The molecule has 1 rings (SSSR count). The summed E-state index contributed by atoms with van der Waals surface area (Å²) in [6, 6.07) is 4.67. The molecule has 0 bridgehead atoms. The minimum atomic E-state index is -0.482. The average molecular weight is 182 g/mol. The highest BCUT2D eigenvalue weighted by Gasteiger charge is 2.11. The summed E-state index contributed by atoms with van der Waals surface area (Å²) in [5.41, 5.74) is 1.09. The van der Waals surface area contributed by atoms with Gasteiger partial charge in [-0.2, -0.15) is 0 Å². The lowest BCUT2D eigenvalue weighted by Crippen LogP contribution is -2.00. The second-order valence-corrected chi connectivity index (χ2v) is 3.00. The molecule has 1 unspecified atom stereocenters. The summed E-state index contributed by atoms with van der Waals surface area (Å²) >= 11 is 0. The van der Waals surface area contributed by atoms with E-state index in [-0.39, 0.29) is 11.7 Å². The summed E-state index contributed by atoms with van der Waals surface area (Å²) in [5.74, 6) is -0.614. The molecule has 0 aliphatic rings. The van der Waals surface area contributed by atoms with Crippen LogP contribution in [0.1, 0.15) is 24.0 Å². The van der Waals surface area contributed by atoms with E-state index in [4.69, 9.17) is 0 Å². The van der Waals surface area contributed by atoms with Crippen LogP contribution in [-0.2, 0) is 0 Å². The number of hydrogen-bond donors (Lipinski definition) is 0. The number of benzene rings is 1. The molecule has 1 atom stereocenters. The molecule has 0 aliphatic heterocycles. The molecule has 0 saturated heterocycles. The number of rotatable bonds is 3. The van der Waals surface area contributed by atoms with E-state index in [1.54, 1.807) is 19.1 Å². The Morgan fingerprint density at radius 1 is 1.54 bits per heavy atom. The van der Waals surface area contributed by atoms with Crippen molar-refractivity contribution in [1.29, 1.82) is 0 Å². The predicted molar refractivity (Wildman–Crippen MR) is 50.9 cm³/mol. The molecule has 0 amide bonds. The lowest BCUT2D eigenvalue weighted by atomic mass is 9.96. The predicted octanol–water partition coefficient (Wildman–Crippen LogP) is 3.54. The minimum absolute atomic E-state index is 0.274. The first-order valence-corrected chi connectivity index (χ1v) is 4.17. The lowest BCUT2D eigenvalue weighted by molar-refractivity contribution is 0.445. The summed E-state index contributed by atoms with van der Waals surface area (Å²) < 4.78 is 25.5. The quantitative estimate of drug-likeness (QED) is 0.670. The zero-order chi connectivity index (χ0) is 9.84. The van der Waals surface area contributed by atoms with Crippen LogP contribution in [-0.4, -0.2) is 6.67 Å². The van der Waals surface area contributed by atoms with Gasteiger partial charge in [-0.05, 0) is 11.6 Å². The number of alkyl halides is 1. The first-order valence-electron chi connectivity index (χ1n) is 4.17. The van der Waals surface area contributed by atoms with Gasteiger partial charge in [0.15, 0.2) is 0 Å². The Balaban J connectivity index is 3.19. The van der Waals surface area contributed by atoms with Gasteiger partial charge in [-0.3, -0.25) is 4.39 Å². The van der Waals surface area contributed by atoms with Crippen LogP contribution < -0.4 is 0 Å². The molecule has 0 spiro atoms. The third-order valence-electron chi connectivity index (χ3n) is 2.05. The van der Waals surface area contributed by atoms with E-state index in [9.17, 15) is 8.78 Å². The van der Waals surface area contributed by atoms with Gasteiger partial charge in [0.05, 0.1) is 6.67 Å². The third kappa shape index (κ3) is 1.94. The minimum Gasteiger partial charge on any atom is -0.250 e. The smallest absolute Gasteiger partial charge is 0.130 e. The van der Waals surface area contributed by atoms with Crippen LogP contribution in [0.15, 0.2) is 24.8 Å². The second kappa shape index (κ2) is 4.17. The van der Waals surface area contributed by atoms with Crippen molar-refractivity contribution in [2.45, 2.75) is 12.8 Å². The molecule has 70 valence electrons. The van der Waals surface area contributed by atoms with E-state index < -0.39 is 6.67 Å². The van der Waals surface area contributed by atoms with Crippen LogP contribution in [0.4, 0.5) is 8.78 Å². The first-order chi connectivity index (χ1) is 6.20. The fraction of sp³-hybridized carbons (Fsp3) is 0.273. The molecular formula is C11H12F2. The Morgan fingerprint density at radius 3 is 2.77 bits per heavy atom. The number of halogens is 2. The summed E-state index contributed by atoms with van der Waals surface area (Å²) in [4.78, 5) is 0. The maximum Gasteiger partial charge on any atom is 0.130 e. The fourth-order valence-corrected chi connectivity index (χ4v) is 1.28. The Kier molecular flexibility index (Phi) is 3.18. The van der Waals surface area contributed by atoms with Crippen LogP contribution in [0.2, 0.25) is 0 Å². The van der Waals surface area contributed by atoms with Crippen molar-refractivity contribution in [3.63, 3.8) is 0 Å². The zero-order valence-corrected chi connectivity index (χ0v) is 7.56. The van der Waals surface area contributed by atoms with E-state index in [0.717, 1.165) is 0 Å². The van der Waals surface area contributed by atoms with Crippen molar-refractivity contribution in [3.8, 4) is 0 Å². The highest BCUT2D eigenvalue weighted by Crippen LogP contribution is 2.23. The van der Waals surface area contributed by atoms with Crippen molar-refractivity contribution in [3.05, 3.63) is 41.7 Å². The molecule has 1 aromatic carbocycles.